The Morgan fingerprint density at radius 2 is 2.00 bits per heavy atom. The fourth-order valence-electron chi connectivity index (χ4n) is 1.59. The number of rotatable bonds is 2. The Hall–Kier alpha value is -1.42. The second kappa shape index (κ2) is 4.22. The standard InChI is InChI=1S/C12H15N3S/c1-4-9-8(3)11(13)15-12(14-9)10-6-5-7(2)16-10/h5-6H,4H2,1-3H3,(H2,13,14,15). The van der Waals surface area contributed by atoms with Gasteiger partial charge in [0.1, 0.15) is 5.82 Å². The van der Waals surface area contributed by atoms with Crippen molar-refractivity contribution in [1.82, 2.24) is 9.97 Å². The van der Waals surface area contributed by atoms with E-state index in [0.717, 1.165) is 28.4 Å². The number of aryl methyl sites for hydroxylation is 2. The third-order valence-corrected chi connectivity index (χ3v) is 3.58. The molecule has 2 aromatic heterocycles. The first-order valence-electron chi connectivity index (χ1n) is 5.31. The second-order valence-electron chi connectivity index (χ2n) is 3.77. The van der Waals surface area contributed by atoms with E-state index in [9.17, 15) is 0 Å². The highest BCUT2D eigenvalue weighted by molar-refractivity contribution is 7.15. The normalized spacial score (nSPS) is 10.7. The van der Waals surface area contributed by atoms with Crippen LogP contribution in [0.4, 0.5) is 5.82 Å². The number of nitrogens with two attached hydrogens (primary N) is 1. The lowest BCUT2D eigenvalue weighted by Gasteiger charge is -2.07. The molecule has 0 aliphatic heterocycles. The molecule has 2 heterocycles. The molecule has 2 aromatic rings. The molecule has 0 aromatic carbocycles. The van der Waals surface area contributed by atoms with Crippen molar-refractivity contribution in [2.45, 2.75) is 27.2 Å². The molecule has 0 aliphatic carbocycles. The maximum atomic E-state index is 5.89. The first kappa shape index (κ1) is 11.1. The monoisotopic (exact) mass is 233 g/mol. The predicted octanol–water partition coefficient (Wildman–Crippen LogP) is 2.97. The smallest absolute Gasteiger partial charge is 0.171 e. The predicted molar refractivity (Wildman–Crippen MR) is 68.6 cm³/mol. The lowest BCUT2D eigenvalue weighted by atomic mass is 10.2. The molecule has 0 aliphatic rings. The zero-order valence-corrected chi connectivity index (χ0v) is 10.6. The van der Waals surface area contributed by atoms with Crippen molar-refractivity contribution in [1.29, 1.82) is 0 Å². The van der Waals surface area contributed by atoms with Crippen LogP contribution in [0.1, 0.15) is 23.1 Å². The van der Waals surface area contributed by atoms with Crippen LogP contribution in [0.3, 0.4) is 0 Å². The quantitative estimate of drug-likeness (QED) is 0.867. The summed E-state index contributed by atoms with van der Waals surface area (Å²) < 4.78 is 0. The summed E-state index contributed by atoms with van der Waals surface area (Å²) in [6.07, 6.45) is 0.885. The Balaban J connectivity index is 2.54. The van der Waals surface area contributed by atoms with Gasteiger partial charge >= 0.3 is 0 Å². The van der Waals surface area contributed by atoms with Crippen molar-refractivity contribution < 1.29 is 0 Å². The minimum atomic E-state index is 0.591. The van der Waals surface area contributed by atoms with Crippen molar-refractivity contribution in [3.05, 3.63) is 28.3 Å². The average molecular weight is 233 g/mol. The van der Waals surface area contributed by atoms with E-state index in [1.165, 1.54) is 4.88 Å². The first-order valence-corrected chi connectivity index (χ1v) is 6.13. The van der Waals surface area contributed by atoms with Crippen LogP contribution in [0, 0.1) is 13.8 Å². The number of aromatic nitrogens is 2. The van der Waals surface area contributed by atoms with Gasteiger partial charge < -0.3 is 5.73 Å². The van der Waals surface area contributed by atoms with Crippen LogP contribution >= 0.6 is 11.3 Å². The Bertz CT molecular complexity index is 517. The van der Waals surface area contributed by atoms with E-state index in [-0.39, 0.29) is 0 Å². The highest BCUT2D eigenvalue weighted by Crippen LogP contribution is 2.26. The van der Waals surface area contributed by atoms with Crippen LogP contribution in [0.25, 0.3) is 10.7 Å². The maximum absolute atomic E-state index is 5.89. The average Bonchev–Trinajstić information content (AvgIpc) is 2.69. The van der Waals surface area contributed by atoms with E-state index in [2.05, 4.69) is 29.9 Å². The summed E-state index contributed by atoms with van der Waals surface area (Å²) in [5, 5.41) is 0. The van der Waals surface area contributed by atoms with Crippen molar-refractivity contribution in [3.8, 4) is 10.7 Å². The Morgan fingerprint density at radius 1 is 1.25 bits per heavy atom. The molecule has 0 fully saturated rings. The molecule has 4 heteroatoms. The van der Waals surface area contributed by atoms with E-state index in [0.29, 0.717) is 5.82 Å². The molecule has 2 N–H and O–H groups in total. The largest absolute Gasteiger partial charge is 0.383 e. The number of hydrogen-bond donors (Lipinski definition) is 1. The van der Waals surface area contributed by atoms with E-state index >= 15 is 0 Å². The fourth-order valence-corrected chi connectivity index (χ4v) is 2.39. The number of nitrogen functional groups attached to an aromatic ring is 1. The van der Waals surface area contributed by atoms with Gasteiger partial charge in [-0.1, -0.05) is 6.92 Å². The van der Waals surface area contributed by atoms with Gasteiger partial charge in [0.15, 0.2) is 5.82 Å². The summed E-state index contributed by atoms with van der Waals surface area (Å²) >= 11 is 1.69. The van der Waals surface area contributed by atoms with Gasteiger partial charge in [-0.25, -0.2) is 9.97 Å². The lowest BCUT2D eigenvalue weighted by molar-refractivity contribution is 0.984. The molecular weight excluding hydrogens is 218 g/mol. The summed E-state index contributed by atoms with van der Waals surface area (Å²) in [4.78, 5) is 11.2. The first-order chi connectivity index (χ1) is 7.61. The van der Waals surface area contributed by atoms with Crippen LogP contribution < -0.4 is 5.73 Å². The lowest BCUT2D eigenvalue weighted by Crippen LogP contribution is -2.03. The van der Waals surface area contributed by atoms with E-state index < -0.39 is 0 Å². The van der Waals surface area contributed by atoms with Crippen LogP contribution in [0.5, 0.6) is 0 Å². The topological polar surface area (TPSA) is 51.8 Å². The summed E-state index contributed by atoms with van der Waals surface area (Å²) in [5.41, 5.74) is 7.93. The van der Waals surface area contributed by atoms with Crippen LogP contribution in [0.15, 0.2) is 12.1 Å². The second-order valence-corrected chi connectivity index (χ2v) is 5.06. The summed E-state index contributed by atoms with van der Waals surface area (Å²) in [6, 6.07) is 4.12. The molecule has 0 atom stereocenters. The molecule has 84 valence electrons. The summed E-state index contributed by atoms with van der Waals surface area (Å²) in [6.45, 7) is 6.13. The molecule has 0 saturated carbocycles. The van der Waals surface area contributed by atoms with Crippen molar-refractivity contribution in [3.63, 3.8) is 0 Å². The number of anilines is 1. The van der Waals surface area contributed by atoms with Crippen molar-refractivity contribution in [2.75, 3.05) is 5.73 Å². The highest BCUT2D eigenvalue weighted by Gasteiger charge is 2.10. The highest BCUT2D eigenvalue weighted by atomic mass is 32.1. The maximum Gasteiger partial charge on any atom is 0.171 e. The molecule has 2 rings (SSSR count). The molecule has 0 spiro atoms. The Morgan fingerprint density at radius 3 is 2.56 bits per heavy atom. The number of hydrogen-bond acceptors (Lipinski definition) is 4. The molecule has 0 unspecified atom stereocenters. The fraction of sp³-hybridized carbons (Fsp3) is 0.333. The molecule has 0 saturated heterocycles. The van der Waals surface area contributed by atoms with Gasteiger partial charge in [0, 0.05) is 16.1 Å². The van der Waals surface area contributed by atoms with Crippen molar-refractivity contribution in [2.24, 2.45) is 0 Å². The number of thiophene rings is 1. The zero-order chi connectivity index (χ0) is 11.7. The van der Waals surface area contributed by atoms with Gasteiger partial charge in [-0.3, -0.25) is 0 Å². The molecule has 0 bridgehead atoms. The van der Waals surface area contributed by atoms with Gasteiger partial charge in [-0.2, -0.15) is 0 Å². The molecule has 3 nitrogen and oxygen atoms in total. The number of nitrogens with zero attached hydrogens (tertiary/aromatic N) is 2. The third kappa shape index (κ3) is 1.93. The van der Waals surface area contributed by atoms with Gasteiger partial charge in [-0.15, -0.1) is 11.3 Å². The van der Waals surface area contributed by atoms with E-state index in [4.69, 9.17) is 5.73 Å². The van der Waals surface area contributed by atoms with Gasteiger partial charge in [0.2, 0.25) is 0 Å². The van der Waals surface area contributed by atoms with E-state index in [1.54, 1.807) is 11.3 Å². The van der Waals surface area contributed by atoms with Crippen LogP contribution in [0.2, 0.25) is 0 Å². The van der Waals surface area contributed by atoms with Gasteiger partial charge in [-0.05, 0) is 32.4 Å². The van der Waals surface area contributed by atoms with Crippen LogP contribution in [-0.2, 0) is 6.42 Å². The van der Waals surface area contributed by atoms with E-state index in [1.807, 2.05) is 13.0 Å². The Kier molecular flexibility index (Phi) is 2.92. The minimum absolute atomic E-state index is 0.591. The van der Waals surface area contributed by atoms with Gasteiger partial charge in [0.25, 0.3) is 0 Å². The summed E-state index contributed by atoms with van der Waals surface area (Å²) in [7, 11) is 0. The van der Waals surface area contributed by atoms with Crippen LogP contribution in [-0.4, -0.2) is 9.97 Å². The summed E-state index contributed by atoms with van der Waals surface area (Å²) in [5.74, 6) is 1.34. The Labute approximate surface area is 99.4 Å². The SMILES string of the molecule is CCc1nc(-c2ccc(C)s2)nc(N)c1C. The van der Waals surface area contributed by atoms with Crippen molar-refractivity contribution >= 4 is 17.2 Å². The van der Waals surface area contributed by atoms with Gasteiger partial charge in [0.05, 0.1) is 4.88 Å². The molecule has 0 radical (unpaired) electrons. The molecule has 16 heavy (non-hydrogen) atoms. The molecular formula is C12H15N3S. The molecule has 0 amide bonds. The minimum Gasteiger partial charge on any atom is -0.383 e. The zero-order valence-electron chi connectivity index (χ0n) is 9.74. The third-order valence-electron chi connectivity index (χ3n) is 2.58.